The summed E-state index contributed by atoms with van der Waals surface area (Å²) in [5, 5.41) is 3.10. The van der Waals surface area contributed by atoms with Gasteiger partial charge in [0.25, 0.3) is 5.91 Å². The van der Waals surface area contributed by atoms with Crippen LogP contribution < -0.4 is 15.0 Å². The third-order valence-corrected chi connectivity index (χ3v) is 5.21. The molecule has 140 valence electrons. The van der Waals surface area contributed by atoms with Gasteiger partial charge in [0.2, 0.25) is 5.91 Å². The minimum Gasteiger partial charge on any atom is -0.482 e. The lowest BCUT2D eigenvalue weighted by molar-refractivity contribution is -0.127. The summed E-state index contributed by atoms with van der Waals surface area (Å²) in [6.45, 7) is 3.09. The first-order chi connectivity index (χ1) is 12.5. The Morgan fingerprint density at radius 3 is 2.54 bits per heavy atom. The molecule has 1 aliphatic heterocycles. The number of hydrogen-bond acceptors (Lipinski definition) is 4. The molecule has 1 heterocycles. The van der Waals surface area contributed by atoms with E-state index in [0.717, 1.165) is 25.7 Å². The zero-order chi connectivity index (χ0) is 18.7. The van der Waals surface area contributed by atoms with Crippen LogP contribution in [0.5, 0.6) is 5.75 Å². The number of benzene rings is 1. The zero-order valence-corrected chi connectivity index (χ0v) is 15.4. The lowest BCUT2D eigenvalue weighted by Gasteiger charge is -2.34. The summed E-state index contributed by atoms with van der Waals surface area (Å²) in [4.78, 5) is 38.4. The highest BCUT2D eigenvalue weighted by atomic mass is 16.5. The van der Waals surface area contributed by atoms with Crippen LogP contribution in [0.1, 0.15) is 62.7 Å². The van der Waals surface area contributed by atoms with E-state index >= 15 is 0 Å². The number of carbonyl (C=O) groups excluding carboxylic acids is 3. The Balaban J connectivity index is 1.80. The first-order valence-corrected chi connectivity index (χ1v) is 9.37. The van der Waals surface area contributed by atoms with Gasteiger partial charge in [0.15, 0.2) is 12.4 Å². The monoisotopic (exact) mass is 358 g/mol. The van der Waals surface area contributed by atoms with Gasteiger partial charge in [0.05, 0.1) is 5.69 Å². The number of ketones is 1. The van der Waals surface area contributed by atoms with Crippen LogP contribution in [0.15, 0.2) is 18.2 Å². The van der Waals surface area contributed by atoms with Gasteiger partial charge in [-0.3, -0.25) is 19.3 Å². The Hall–Kier alpha value is -2.37. The molecule has 2 aliphatic rings. The maximum atomic E-state index is 12.8. The number of amides is 2. The van der Waals surface area contributed by atoms with Crippen molar-refractivity contribution < 1.29 is 19.1 Å². The lowest BCUT2D eigenvalue weighted by atomic mass is 10.1. The SMILES string of the molecule is CC(=O)c1ccc2c(c1)N(C(C)C(=O)NC1CCCCCC1)C(=O)CO2. The van der Waals surface area contributed by atoms with E-state index in [4.69, 9.17) is 4.74 Å². The quantitative estimate of drug-likeness (QED) is 0.663. The Bertz CT molecular complexity index is 708. The second kappa shape index (κ2) is 7.89. The second-order valence-electron chi connectivity index (χ2n) is 7.16. The number of hydrogen-bond donors (Lipinski definition) is 1. The van der Waals surface area contributed by atoms with Crippen LogP contribution in [0.4, 0.5) is 5.69 Å². The summed E-state index contributed by atoms with van der Waals surface area (Å²) in [7, 11) is 0. The van der Waals surface area contributed by atoms with Crippen molar-refractivity contribution in [2.45, 2.75) is 64.5 Å². The highest BCUT2D eigenvalue weighted by Gasteiger charge is 2.34. The molecule has 0 bridgehead atoms. The fourth-order valence-corrected chi connectivity index (χ4v) is 3.68. The molecule has 6 nitrogen and oxygen atoms in total. The first kappa shape index (κ1) is 18.4. The van der Waals surface area contributed by atoms with Gasteiger partial charge in [-0.25, -0.2) is 0 Å². The third-order valence-electron chi connectivity index (χ3n) is 5.21. The van der Waals surface area contributed by atoms with Crippen LogP contribution in [0.25, 0.3) is 0 Å². The number of Topliss-reactive ketones (excluding diaryl/α,β-unsaturated/α-hetero) is 1. The Morgan fingerprint density at radius 1 is 1.19 bits per heavy atom. The zero-order valence-electron chi connectivity index (χ0n) is 15.4. The van der Waals surface area contributed by atoms with Gasteiger partial charge >= 0.3 is 0 Å². The van der Waals surface area contributed by atoms with Gasteiger partial charge in [-0.2, -0.15) is 0 Å². The summed E-state index contributed by atoms with van der Waals surface area (Å²) in [6.07, 6.45) is 6.65. The summed E-state index contributed by atoms with van der Waals surface area (Å²) in [5.74, 6) is -0.0157. The van der Waals surface area contributed by atoms with Crippen molar-refractivity contribution in [3.05, 3.63) is 23.8 Å². The predicted octanol–water partition coefficient (Wildman–Crippen LogP) is 2.84. The average molecular weight is 358 g/mol. The van der Waals surface area contributed by atoms with Crippen molar-refractivity contribution in [3.8, 4) is 5.75 Å². The van der Waals surface area contributed by atoms with Crippen LogP contribution in [-0.4, -0.2) is 36.3 Å². The molecule has 1 fully saturated rings. The number of rotatable bonds is 4. The Morgan fingerprint density at radius 2 is 1.88 bits per heavy atom. The molecule has 1 N–H and O–H groups in total. The van der Waals surface area contributed by atoms with Gasteiger partial charge < -0.3 is 10.1 Å². The average Bonchev–Trinajstić information content (AvgIpc) is 2.89. The third kappa shape index (κ3) is 3.89. The molecule has 2 amide bonds. The normalized spacial score (nSPS) is 19.2. The Kier molecular flexibility index (Phi) is 5.59. The van der Waals surface area contributed by atoms with E-state index in [0.29, 0.717) is 17.0 Å². The van der Waals surface area contributed by atoms with Gasteiger partial charge in [-0.05, 0) is 44.9 Å². The first-order valence-electron chi connectivity index (χ1n) is 9.37. The highest BCUT2D eigenvalue weighted by molar-refractivity contribution is 6.05. The van der Waals surface area contributed by atoms with E-state index in [9.17, 15) is 14.4 Å². The van der Waals surface area contributed by atoms with Crippen molar-refractivity contribution in [1.29, 1.82) is 0 Å². The number of carbonyl (C=O) groups is 3. The highest BCUT2D eigenvalue weighted by Crippen LogP contribution is 2.34. The van der Waals surface area contributed by atoms with E-state index in [1.165, 1.54) is 24.7 Å². The van der Waals surface area contributed by atoms with Crippen LogP contribution >= 0.6 is 0 Å². The summed E-state index contributed by atoms with van der Waals surface area (Å²) >= 11 is 0. The van der Waals surface area contributed by atoms with E-state index in [1.807, 2.05) is 0 Å². The topological polar surface area (TPSA) is 75.7 Å². The van der Waals surface area contributed by atoms with Crippen molar-refractivity contribution in [1.82, 2.24) is 5.32 Å². The summed E-state index contributed by atoms with van der Waals surface area (Å²) in [5.41, 5.74) is 0.973. The fourth-order valence-electron chi connectivity index (χ4n) is 3.68. The van der Waals surface area contributed by atoms with Crippen molar-refractivity contribution >= 4 is 23.3 Å². The van der Waals surface area contributed by atoms with Crippen LogP contribution in [-0.2, 0) is 9.59 Å². The Labute approximate surface area is 153 Å². The molecule has 26 heavy (non-hydrogen) atoms. The molecule has 3 rings (SSSR count). The number of fused-ring (bicyclic) bond motifs is 1. The maximum absolute atomic E-state index is 12.8. The molecule has 1 atom stereocenters. The van der Waals surface area contributed by atoms with Crippen LogP contribution in [0, 0.1) is 0 Å². The van der Waals surface area contributed by atoms with Crippen molar-refractivity contribution in [3.63, 3.8) is 0 Å². The molecule has 1 aliphatic carbocycles. The second-order valence-corrected chi connectivity index (χ2v) is 7.16. The summed E-state index contributed by atoms with van der Waals surface area (Å²) < 4.78 is 5.46. The number of nitrogens with one attached hydrogen (secondary N) is 1. The molecule has 1 aromatic carbocycles. The molecule has 0 spiro atoms. The minimum absolute atomic E-state index is 0.0960. The number of ether oxygens (including phenoxy) is 1. The van der Waals surface area contributed by atoms with Gasteiger partial charge in [-0.1, -0.05) is 25.7 Å². The number of anilines is 1. The van der Waals surface area contributed by atoms with E-state index < -0.39 is 6.04 Å². The molecule has 0 radical (unpaired) electrons. The molecule has 0 aromatic heterocycles. The predicted molar refractivity (Wildman–Crippen MR) is 98.5 cm³/mol. The summed E-state index contributed by atoms with van der Waals surface area (Å²) in [6, 6.07) is 4.50. The largest absolute Gasteiger partial charge is 0.482 e. The number of nitrogens with zero attached hydrogens (tertiary/aromatic N) is 1. The molecule has 1 unspecified atom stereocenters. The maximum Gasteiger partial charge on any atom is 0.265 e. The van der Waals surface area contributed by atoms with Crippen molar-refractivity contribution in [2.75, 3.05) is 11.5 Å². The van der Waals surface area contributed by atoms with E-state index in [2.05, 4.69) is 5.32 Å². The fraction of sp³-hybridized carbons (Fsp3) is 0.550. The van der Waals surface area contributed by atoms with Crippen LogP contribution in [0.3, 0.4) is 0 Å². The van der Waals surface area contributed by atoms with Gasteiger partial charge in [0, 0.05) is 11.6 Å². The molecule has 0 saturated heterocycles. The standard InChI is InChI=1S/C20H26N2O4/c1-13(20(25)21-16-7-5-3-4-6-8-16)22-17-11-15(14(2)23)9-10-18(17)26-12-19(22)24/h9-11,13,16H,3-8,12H2,1-2H3,(H,21,25). The minimum atomic E-state index is -0.657. The van der Waals surface area contributed by atoms with Crippen molar-refractivity contribution in [2.24, 2.45) is 0 Å². The van der Waals surface area contributed by atoms with Gasteiger partial charge in [-0.15, -0.1) is 0 Å². The van der Waals surface area contributed by atoms with Gasteiger partial charge in [0.1, 0.15) is 11.8 Å². The van der Waals surface area contributed by atoms with E-state index in [-0.39, 0.29) is 30.2 Å². The van der Waals surface area contributed by atoms with E-state index in [1.54, 1.807) is 25.1 Å². The molecule has 6 heteroatoms. The lowest BCUT2D eigenvalue weighted by Crippen LogP contribution is -2.53. The molecule has 1 aromatic rings. The molecule has 1 saturated carbocycles. The molecular weight excluding hydrogens is 332 g/mol. The smallest absolute Gasteiger partial charge is 0.265 e. The van der Waals surface area contributed by atoms with Crippen LogP contribution in [0.2, 0.25) is 0 Å². The molecular formula is C20H26N2O4.